The summed E-state index contributed by atoms with van der Waals surface area (Å²) in [5.74, 6) is -0.770. The molecule has 0 saturated heterocycles. The average molecular weight is 316 g/mol. The molecule has 2 amide bonds. The van der Waals surface area contributed by atoms with Gasteiger partial charge in [-0.25, -0.2) is 4.39 Å². The second kappa shape index (κ2) is 6.19. The van der Waals surface area contributed by atoms with Crippen LogP contribution in [0.25, 0.3) is 0 Å². The highest BCUT2D eigenvalue weighted by Gasteiger charge is 2.26. The summed E-state index contributed by atoms with van der Waals surface area (Å²) >= 11 is 1.45. The molecule has 0 spiro atoms. The summed E-state index contributed by atoms with van der Waals surface area (Å²) in [4.78, 5) is 26.6. The van der Waals surface area contributed by atoms with Crippen molar-refractivity contribution in [2.24, 2.45) is 0 Å². The first kappa shape index (κ1) is 14.6. The first-order valence-corrected chi connectivity index (χ1v) is 7.70. The highest BCUT2D eigenvalue weighted by molar-refractivity contribution is 8.00. The lowest BCUT2D eigenvalue weighted by molar-refractivity contribution is -0.120. The molecule has 22 heavy (non-hydrogen) atoms. The van der Waals surface area contributed by atoms with Crippen molar-refractivity contribution in [1.29, 1.82) is 0 Å². The quantitative estimate of drug-likeness (QED) is 0.947. The van der Waals surface area contributed by atoms with Gasteiger partial charge >= 0.3 is 0 Å². The number of nitrogens with one attached hydrogen (secondary N) is 1. The molecule has 112 valence electrons. The molecular formula is C16H13FN2O2S. The second-order valence-corrected chi connectivity index (χ2v) is 5.78. The Balaban J connectivity index is 1.77. The van der Waals surface area contributed by atoms with Crippen LogP contribution in [-0.4, -0.2) is 24.1 Å². The van der Waals surface area contributed by atoms with Crippen LogP contribution in [0.15, 0.2) is 53.4 Å². The van der Waals surface area contributed by atoms with Crippen LogP contribution in [-0.2, 0) is 9.59 Å². The van der Waals surface area contributed by atoms with E-state index in [0.29, 0.717) is 11.4 Å². The number of hydrogen-bond donors (Lipinski definition) is 1. The van der Waals surface area contributed by atoms with Crippen LogP contribution in [0.4, 0.5) is 15.8 Å². The fourth-order valence-electron chi connectivity index (χ4n) is 2.22. The Bertz CT molecular complexity index is 736. The van der Waals surface area contributed by atoms with Crippen molar-refractivity contribution in [1.82, 2.24) is 0 Å². The summed E-state index contributed by atoms with van der Waals surface area (Å²) in [6.07, 6.45) is 0. The SMILES string of the molecule is O=C(CN1C(=O)CSc2ccccc21)Nc1ccccc1F. The number of carbonyl (C=O) groups is 2. The topological polar surface area (TPSA) is 49.4 Å². The van der Waals surface area contributed by atoms with E-state index < -0.39 is 11.7 Å². The number of rotatable bonds is 3. The van der Waals surface area contributed by atoms with Gasteiger partial charge in [-0.2, -0.15) is 0 Å². The lowest BCUT2D eigenvalue weighted by atomic mass is 10.2. The fourth-order valence-corrected chi connectivity index (χ4v) is 3.16. The van der Waals surface area contributed by atoms with E-state index in [0.717, 1.165) is 4.90 Å². The van der Waals surface area contributed by atoms with Gasteiger partial charge in [-0.05, 0) is 24.3 Å². The van der Waals surface area contributed by atoms with Crippen molar-refractivity contribution in [3.63, 3.8) is 0 Å². The summed E-state index contributed by atoms with van der Waals surface area (Å²) in [6, 6.07) is 13.4. The first-order chi connectivity index (χ1) is 10.6. The number of para-hydroxylation sites is 2. The van der Waals surface area contributed by atoms with Gasteiger partial charge in [0.2, 0.25) is 11.8 Å². The van der Waals surface area contributed by atoms with Crippen molar-refractivity contribution < 1.29 is 14.0 Å². The summed E-state index contributed by atoms with van der Waals surface area (Å²) < 4.78 is 13.5. The van der Waals surface area contributed by atoms with E-state index >= 15 is 0 Å². The molecule has 1 aliphatic rings. The van der Waals surface area contributed by atoms with Gasteiger partial charge in [-0.1, -0.05) is 24.3 Å². The van der Waals surface area contributed by atoms with Crippen LogP contribution in [0.5, 0.6) is 0 Å². The number of carbonyl (C=O) groups excluding carboxylic acids is 2. The third kappa shape index (κ3) is 2.96. The Morgan fingerprint density at radius 3 is 2.73 bits per heavy atom. The minimum atomic E-state index is -0.503. The highest BCUT2D eigenvalue weighted by atomic mass is 32.2. The molecule has 6 heteroatoms. The van der Waals surface area contributed by atoms with E-state index in [1.54, 1.807) is 18.2 Å². The molecule has 0 bridgehead atoms. The monoisotopic (exact) mass is 316 g/mol. The minimum absolute atomic E-state index is 0.111. The van der Waals surface area contributed by atoms with Crippen LogP contribution >= 0.6 is 11.8 Å². The van der Waals surface area contributed by atoms with Gasteiger partial charge in [0.1, 0.15) is 12.4 Å². The normalized spacial score (nSPS) is 13.7. The Hall–Kier alpha value is -2.34. The van der Waals surface area contributed by atoms with Gasteiger partial charge in [0.05, 0.1) is 17.1 Å². The third-order valence-corrected chi connectivity index (χ3v) is 4.31. The maximum atomic E-state index is 13.5. The molecule has 3 rings (SSSR count). The maximum absolute atomic E-state index is 13.5. The van der Waals surface area contributed by atoms with Crippen molar-refractivity contribution in [3.8, 4) is 0 Å². The summed E-state index contributed by atoms with van der Waals surface area (Å²) in [5, 5.41) is 2.49. The number of fused-ring (bicyclic) bond motifs is 1. The number of benzene rings is 2. The zero-order valence-corrected chi connectivity index (χ0v) is 12.4. The second-order valence-electron chi connectivity index (χ2n) is 4.76. The van der Waals surface area contributed by atoms with E-state index in [9.17, 15) is 14.0 Å². The van der Waals surface area contributed by atoms with Gasteiger partial charge in [-0.15, -0.1) is 11.8 Å². The largest absolute Gasteiger partial charge is 0.322 e. The van der Waals surface area contributed by atoms with E-state index in [1.807, 2.05) is 18.2 Å². The van der Waals surface area contributed by atoms with Gasteiger partial charge in [0.15, 0.2) is 0 Å². The van der Waals surface area contributed by atoms with Crippen molar-refractivity contribution in [3.05, 3.63) is 54.3 Å². The van der Waals surface area contributed by atoms with Crippen LogP contribution in [0.2, 0.25) is 0 Å². The first-order valence-electron chi connectivity index (χ1n) is 6.72. The van der Waals surface area contributed by atoms with Gasteiger partial charge in [-0.3, -0.25) is 9.59 Å². The summed E-state index contributed by atoms with van der Waals surface area (Å²) in [6.45, 7) is -0.134. The van der Waals surface area contributed by atoms with E-state index in [4.69, 9.17) is 0 Å². The zero-order chi connectivity index (χ0) is 15.5. The van der Waals surface area contributed by atoms with Crippen LogP contribution in [0.3, 0.4) is 0 Å². The van der Waals surface area contributed by atoms with E-state index in [-0.39, 0.29) is 18.1 Å². The number of nitrogens with zero attached hydrogens (tertiary/aromatic N) is 1. The predicted molar refractivity (Wildman–Crippen MR) is 84.5 cm³/mol. The molecule has 0 unspecified atom stereocenters. The van der Waals surface area contributed by atoms with Crippen LogP contribution in [0.1, 0.15) is 0 Å². The Labute approximate surface area is 131 Å². The molecule has 0 aromatic heterocycles. The highest BCUT2D eigenvalue weighted by Crippen LogP contribution is 2.34. The molecule has 1 N–H and O–H groups in total. The fraction of sp³-hybridized carbons (Fsp3) is 0.125. The van der Waals surface area contributed by atoms with E-state index in [1.165, 1.54) is 28.8 Å². The molecule has 4 nitrogen and oxygen atoms in total. The molecule has 0 saturated carbocycles. The Kier molecular flexibility index (Phi) is 4.11. The number of amides is 2. The smallest absolute Gasteiger partial charge is 0.244 e. The molecule has 0 aliphatic carbocycles. The maximum Gasteiger partial charge on any atom is 0.244 e. The number of anilines is 2. The summed E-state index contributed by atoms with van der Waals surface area (Å²) in [7, 11) is 0. The van der Waals surface area contributed by atoms with Gasteiger partial charge in [0.25, 0.3) is 0 Å². The lowest BCUT2D eigenvalue weighted by Gasteiger charge is -2.28. The molecule has 2 aromatic carbocycles. The zero-order valence-electron chi connectivity index (χ0n) is 11.6. The third-order valence-electron chi connectivity index (χ3n) is 3.26. The van der Waals surface area contributed by atoms with Crippen molar-refractivity contribution in [2.75, 3.05) is 22.5 Å². The van der Waals surface area contributed by atoms with Crippen molar-refractivity contribution >= 4 is 35.0 Å². The number of halogens is 1. The molecule has 1 aliphatic heterocycles. The molecule has 1 heterocycles. The Morgan fingerprint density at radius 2 is 1.91 bits per heavy atom. The molecular weight excluding hydrogens is 303 g/mol. The van der Waals surface area contributed by atoms with Crippen LogP contribution < -0.4 is 10.2 Å². The minimum Gasteiger partial charge on any atom is -0.322 e. The predicted octanol–water partition coefficient (Wildman–Crippen LogP) is 2.90. The molecule has 0 fully saturated rings. The van der Waals surface area contributed by atoms with Crippen LogP contribution in [0, 0.1) is 5.82 Å². The summed E-state index contributed by atoms with van der Waals surface area (Å²) in [5.41, 5.74) is 0.826. The van der Waals surface area contributed by atoms with Gasteiger partial charge in [0, 0.05) is 4.90 Å². The lowest BCUT2D eigenvalue weighted by Crippen LogP contribution is -2.41. The van der Waals surface area contributed by atoms with Crippen molar-refractivity contribution in [2.45, 2.75) is 4.90 Å². The standard InChI is InChI=1S/C16H13FN2O2S/c17-11-5-1-2-6-12(11)18-15(20)9-19-13-7-3-4-8-14(13)22-10-16(19)21/h1-8H,9-10H2,(H,18,20). The van der Waals surface area contributed by atoms with E-state index in [2.05, 4.69) is 5.32 Å². The number of hydrogen-bond acceptors (Lipinski definition) is 3. The molecule has 0 atom stereocenters. The van der Waals surface area contributed by atoms with Gasteiger partial charge < -0.3 is 10.2 Å². The molecule has 0 radical (unpaired) electrons. The molecule has 2 aromatic rings. The average Bonchev–Trinajstić information content (AvgIpc) is 2.52. The Morgan fingerprint density at radius 1 is 1.18 bits per heavy atom. The number of thioether (sulfide) groups is 1.